The molecule has 1 saturated carbocycles. The number of carboxylic acids is 1. The Hall–Kier alpha value is -3.28. The van der Waals surface area contributed by atoms with Crippen LogP contribution in [0.2, 0.25) is 0 Å². The second-order valence-electron chi connectivity index (χ2n) is 10.9. The molecule has 1 N–H and O–H groups in total. The average Bonchev–Trinajstić information content (AvgIpc) is 3.24. The van der Waals surface area contributed by atoms with E-state index in [1.807, 2.05) is 63.2 Å². The lowest BCUT2D eigenvalue weighted by Crippen LogP contribution is -2.43. The summed E-state index contributed by atoms with van der Waals surface area (Å²) in [5, 5.41) is 9.92. The SMILES string of the molecule is Cc1ccc(OC(C)(Cc2ccc(OCCc3nc(C4(C)CCCCC4)oc3C)cc2)C(=O)O)cc1C. The van der Waals surface area contributed by atoms with Crippen molar-refractivity contribution >= 4 is 5.97 Å². The van der Waals surface area contributed by atoms with Crippen LogP contribution in [0, 0.1) is 20.8 Å². The van der Waals surface area contributed by atoms with E-state index in [1.165, 1.54) is 19.3 Å². The maximum Gasteiger partial charge on any atom is 0.348 e. The molecule has 0 aliphatic heterocycles. The summed E-state index contributed by atoms with van der Waals surface area (Å²) in [5.41, 5.74) is 2.67. The third kappa shape index (κ3) is 6.35. The summed E-state index contributed by atoms with van der Waals surface area (Å²) < 4.78 is 18.0. The zero-order chi connectivity index (χ0) is 26.6. The molecule has 0 saturated heterocycles. The number of nitrogens with zero attached hydrogens (tertiary/aromatic N) is 1. The van der Waals surface area contributed by atoms with Crippen LogP contribution in [0.25, 0.3) is 0 Å². The van der Waals surface area contributed by atoms with Crippen molar-refractivity contribution in [3.05, 3.63) is 76.5 Å². The normalized spacial score (nSPS) is 16.7. The predicted molar refractivity (Wildman–Crippen MR) is 144 cm³/mol. The number of hydrogen-bond donors (Lipinski definition) is 1. The van der Waals surface area contributed by atoms with Crippen molar-refractivity contribution in [3.63, 3.8) is 0 Å². The summed E-state index contributed by atoms with van der Waals surface area (Å²) >= 11 is 0. The topological polar surface area (TPSA) is 81.8 Å². The molecule has 0 radical (unpaired) electrons. The van der Waals surface area contributed by atoms with E-state index in [1.54, 1.807) is 6.92 Å². The van der Waals surface area contributed by atoms with Gasteiger partial charge in [0.05, 0.1) is 12.3 Å². The Labute approximate surface area is 220 Å². The number of aliphatic carboxylic acids is 1. The Morgan fingerprint density at radius 2 is 1.70 bits per heavy atom. The summed E-state index contributed by atoms with van der Waals surface area (Å²) in [6, 6.07) is 13.2. The van der Waals surface area contributed by atoms with Gasteiger partial charge in [0.15, 0.2) is 0 Å². The van der Waals surface area contributed by atoms with E-state index in [4.69, 9.17) is 18.9 Å². The summed E-state index contributed by atoms with van der Waals surface area (Å²) in [6.07, 6.45) is 6.93. The van der Waals surface area contributed by atoms with E-state index in [0.29, 0.717) is 18.8 Å². The van der Waals surface area contributed by atoms with Crippen LogP contribution in [0.1, 0.15) is 80.0 Å². The fourth-order valence-corrected chi connectivity index (χ4v) is 5.02. The molecule has 2 aromatic carbocycles. The molecule has 37 heavy (non-hydrogen) atoms. The lowest BCUT2D eigenvalue weighted by Gasteiger charge is -2.30. The lowest BCUT2D eigenvalue weighted by molar-refractivity contribution is -0.153. The molecule has 1 heterocycles. The van der Waals surface area contributed by atoms with Crippen LogP contribution in [-0.4, -0.2) is 28.3 Å². The average molecular weight is 506 g/mol. The van der Waals surface area contributed by atoms with Gasteiger partial charge < -0.3 is 19.0 Å². The van der Waals surface area contributed by atoms with Crippen molar-refractivity contribution in [2.24, 2.45) is 0 Å². The van der Waals surface area contributed by atoms with Gasteiger partial charge in [0, 0.05) is 18.3 Å². The number of ether oxygens (including phenoxy) is 2. The number of rotatable bonds is 10. The summed E-state index contributed by atoms with van der Waals surface area (Å²) in [5.74, 6) is 2.02. The van der Waals surface area contributed by atoms with E-state index >= 15 is 0 Å². The van der Waals surface area contributed by atoms with Gasteiger partial charge in [0.1, 0.15) is 17.3 Å². The number of carbonyl (C=O) groups is 1. The van der Waals surface area contributed by atoms with E-state index in [0.717, 1.165) is 52.6 Å². The smallest absolute Gasteiger partial charge is 0.348 e. The predicted octanol–water partition coefficient (Wildman–Crippen LogP) is 6.91. The van der Waals surface area contributed by atoms with Crippen LogP contribution >= 0.6 is 0 Å². The molecular formula is C31H39NO5. The highest BCUT2D eigenvalue weighted by Gasteiger charge is 2.36. The van der Waals surface area contributed by atoms with Crippen LogP contribution in [0.4, 0.5) is 0 Å². The van der Waals surface area contributed by atoms with Gasteiger partial charge >= 0.3 is 5.97 Å². The molecule has 1 aliphatic carbocycles. The Morgan fingerprint density at radius 3 is 2.35 bits per heavy atom. The van der Waals surface area contributed by atoms with Crippen LogP contribution in [0.3, 0.4) is 0 Å². The number of carboxylic acid groups (broad SMARTS) is 1. The van der Waals surface area contributed by atoms with Gasteiger partial charge in [-0.05, 0) is 81.5 Å². The molecule has 0 amide bonds. The van der Waals surface area contributed by atoms with Gasteiger partial charge in [-0.2, -0.15) is 0 Å². The van der Waals surface area contributed by atoms with Crippen LogP contribution in [0.5, 0.6) is 11.5 Å². The molecule has 0 spiro atoms. The molecule has 1 unspecified atom stereocenters. The Balaban J connectivity index is 1.34. The van der Waals surface area contributed by atoms with Crippen molar-refractivity contribution in [3.8, 4) is 11.5 Å². The molecule has 1 aromatic heterocycles. The van der Waals surface area contributed by atoms with E-state index < -0.39 is 11.6 Å². The van der Waals surface area contributed by atoms with Gasteiger partial charge in [-0.25, -0.2) is 9.78 Å². The van der Waals surface area contributed by atoms with E-state index in [9.17, 15) is 9.90 Å². The molecule has 1 fully saturated rings. The number of benzene rings is 2. The summed E-state index contributed by atoms with van der Waals surface area (Å²) in [6.45, 7) is 10.3. The van der Waals surface area contributed by atoms with Crippen LogP contribution < -0.4 is 9.47 Å². The monoisotopic (exact) mass is 505 g/mol. The molecular weight excluding hydrogens is 466 g/mol. The second kappa shape index (κ2) is 11.0. The zero-order valence-electron chi connectivity index (χ0n) is 22.7. The van der Waals surface area contributed by atoms with Gasteiger partial charge in [-0.1, -0.05) is 44.4 Å². The molecule has 6 heteroatoms. The minimum absolute atomic E-state index is 0.0460. The highest BCUT2D eigenvalue weighted by Crippen LogP contribution is 2.39. The maximum atomic E-state index is 12.1. The van der Waals surface area contributed by atoms with Crippen LogP contribution in [-0.2, 0) is 23.1 Å². The highest BCUT2D eigenvalue weighted by molar-refractivity contribution is 5.78. The lowest BCUT2D eigenvalue weighted by atomic mass is 9.76. The third-order valence-corrected chi connectivity index (χ3v) is 7.71. The number of oxazole rings is 1. The molecule has 1 aliphatic rings. The van der Waals surface area contributed by atoms with E-state index in [2.05, 4.69) is 6.92 Å². The van der Waals surface area contributed by atoms with Gasteiger partial charge in [-0.15, -0.1) is 0 Å². The van der Waals surface area contributed by atoms with Gasteiger partial charge in [-0.3, -0.25) is 0 Å². The Morgan fingerprint density at radius 1 is 1.03 bits per heavy atom. The Kier molecular flexibility index (Phi) is 7.96. The second-order valence-corrected chi connectivity index (χ2v) is 10.9. The zero-order valence-corrected chi connectivity index (χ0v) is 22.7. The van der Waals surface area contributed by atoms with Crippen molar-refractivity contribution in [2.75, 3.05) is 6.61 Å². The minimum Gasteiger partial charge on any atom is -0.493 e. The fourth-order valence-electron chi connectivity index (χ4n) is 5.02. The van der Waals surface area contributed by atoms with Crippen molar-refractivity contribution < 1.29 is 23.8 Å². The molecule has 0 bridgehead atoms. The van der Waals surface area contributed by atoms with Crippen LogP contribution in [0.15, 0.2) is 46.9 Å². The Bertz CT molecular complexity index is 1220. The summed E-state index contributed by atoms with van der Waals surface area (Å²) in [4.78, 5) is 16.9. The van der Waals surface area contributed by atoms with Crippen molar-refractivity contribution in [2.45, 2.75) is 90.6 Å². The minimum atomic E-state index is -1.39. The number of aryl methyl sites for hydroxylation is 3. The number of hydrogen-bond acceptors (Lipinski definition) is 5. The first-order valence-electron chi connectivity index (χ1n) is 13.3. The maximum absolute atomic E-state index is 12.1. The van der Waals surface area contributed by atoms with Gasteiger partial charge in [0.2, 0.25) is 11.5 Å². The molecule has 6 nitrogen and oxygen atoms in total. The first-order valence-corrected chi connectivity index (χ1v) is 13.3. The first-order chi connectivity index (χ1) is 17.6. The van der Waals surface area contributed by atoms with E-state index in [-0.39, 0.29) is 11.8 Å². The highest BCUT2D eigenvalue weighted by atomic mass is 16.5. The third-order valence-electron chi connectivity index (χ3n) is 7.71. The quantitative estimate of drug-likeness (QED) is 0.322. The molecule has 1 atom stereocenters. The van der Waals surface area contributed by atoms with Gasteiger partial charge in [0.25, 0.3) is 0 Å². The largest absolute Gasteiger partial charge is 0.493 e. The fraction of sp³-hybridized carbons (Fsp3) is 0.484. The standard InChI is InChI=1S/C31H39NO5/c1-21-9-12-26(19-22(21)2)37-31(5,29(33)34)20-24-10-13-25(14-11-24)35-18-15-27-23(3)36-28(32-27)30(4)16-7-6-8-17-30/h9-14,19H,6-8,15-18,20H2,1-5H3,(H,33,34). The molecule has 198 valence electrons. The first kappa shape index (κ1) is 26.8. The number of aromatic nitrogens is 1. The van der Waals surface area contributed by atoms with Crippen molar-refractivity contribution in [1.29, 1.82) is 0 Å². The molecule has 3 aromatic rings. The molecule has 4 rings (SSSR count). The summed E-state index contributed by atoms with van der Waals surface area (Å²) in [7, 11) is 0. The van der Waals surface area contributed by atoms with Crippen molar-refractivity contribution in [1.82, 2.24) is 4.98 Å².